The maximum Gasteiger partial charge on any atom is 0.471 e. The number of likely N-dealkylation sites (tertiary alicyclic amines) is 1. The van der Waals surface area contributed by atoms with Crippen molar-refractivity contribution >= 4 is 22.7 Å². The normalized spacial score (nSPS) is 17.5. The van der Waals surface area contributed by atoms with Crippen molar-refractivity contribution < 1.29 is 22.8 Å². The SMILES string of the molecule is O=C(Cc1ccccn1)N1CC[C@H](N(Cc2ccnc3ccccc23)C(=O)C(F)(F)F)C[C@H]1Cc1ccccc1. The standard InChI is InChI=1S/C31H29F3N4O2/c32-31(33,34)30(40)38(21-23-13-16-36-28-12-5-4-11-27(23)28)25-14-17-37(29(39)19-24-10-6-7-15-35-24)26(20-25)18-22-8-2-1-3-9-22/h1-13,15-16,25-26H,14,17-21H2/t25-,26+/m0/s1. The monoisotopic (exact) mass is 546 g/mol. The van der Waals surface area contributed by atoms with E-state index in [9.17, 15) is 22.8 Å². The Morgan fingerprint density at radius 2 is 1.65 bits per heavy atom. The molecule has 206 valence electrons. The van der Waals surface area contributed by atoms with E-state index >= 15 is 0 Å². The number of benzene rings is 2. The zero-order chi connectivity index (χ0) is 28.1. The summed E-state index contributed by atoms with van der Waals surface area (Å²) in [6, 6.07) is 22.7. The molecular weight excluding hydrogens is 517 g/mol. The molecule has 2 aromatic carbocycles. The van der Waals surface area contributed by atoms with Crippen molar-refractivity contribution in [2.75, 3.05) is 6.54 Å². The van der Waals surface area contributed by atoms with E-state index in [1.165, 1.54) is 0 Å². The molecule has 0 aliphatic carbocycles. The van der Waals surface area contributed by atoms with E-state index in [0.29, 0.717) is 28.6 Å². The molecule has 0 spiro atoms. The van der Waals surface area contributed by atoms with Gasteiger partial charge in [-0.2, -0.15) is 13.2 Å². The van der Waals surface area contributed by atoms with Crippen molar-refractivity contribution in [3.8, 4) is 0 Å². The van der Waals surface area contributed by atoms with E-state index < -0.39 is 18.1 Å². The molecule has 4 aromatic rings. The number of para-hydroxylation sites is 1. The van der Waals surface area contributed by atoms with Gasteiger partial charge in [-0.1, -0.05) is 54.6 Å². The molecule has 0 N–H and O–H groups in total. The second-order valence-electron chi connectivity index (χ2n) is 10.0. The second kappa shape index (κ2) is 11.9. The van der Waals surface area contributed by atoms with Crippen LogP contribution in [-0.4, -0.2) is 56.4 Å². The molecule has 2 atom stereocenters. The highest BCUT2D eigenvalue weighted by Crippen LogP contribution is 2.31. The molecule has 5 rings (SSSR count). The van der Waals surface area contributed by atoms with Crippen LogP contribution in [-0.2, 0) is 29.0 Å². The number of piperidine rings is 1. The maximum absolute atomic E-state index is 13.9. The van der Waals surface area contributed by atoms with Crippen molar-refractivity contribution in [2.45, 2.75) is 50.5 Å². The van der Waals surface area contributed by atoms with E-state index in [2.05, 4.69) is 9.97 Å². The lowest BCUT2D eigenvalue weighted by atomic mass is 9.90. The first kappa shape index (κ1) is 27.3. The summed E-state index contributed by atoms with van der Waals surface area (Å²) in [6.07, 6.45) is -0.811. The summed E-state index contributed by atoms with van der Waals surface area (Å²) >= 11 is 0. The second-order valence-corrected chi connectivity index (χ2v) is 10.0. The fraction of sp³-hybridized carbons (Fsp3) is 0.290. The number of amides is 2. The van der Waals surface area contributed by atoms with Crippen LogP contribution in [0.25, 0.3) is 10.9 Å². The Morgan fingerprint density at radius 1 is 0.900 bits per heavy atom. The van der Waals surface area contributed by atoms with Gasteiger partial charge in [-0.25, -0.2) is 0 Å². The smallest absolute Gasteiger partial charge is 0.339 e. The van der Waals surface area contributed by atoms with Crippen molar-refractivity contribution in [3.05, 3.63) is 108 Å². The molecule has 2 aromatic heterocycles. The number of hydrogen-bond donors (Lipinski definition) is 0. The lowest BCUT2D eigenvalue weighted by molar-refractivity contribution is -0.190. The van der Waals surface area contributed by atoms with Crippen LogP contribution >= 0.6 is 0 Å². The zero-order valence-corrected chi connectivity index (χ0v) is 21.8. The summed E-state index contributed by atoms with van der Waals surface area (Å²) in [4.78, 5) is 37.5. The Balaban J connectivity index is 1.44. The van der Waals surface area contributed by atoms with Crippen LogP contribution in [0.3, 0.4) is 0 Å². The van der Waals surface area contributed by atoms with Crippen LogP contribution in [0.4, 0.5) is 13.2 Å². The summed E-state index contributed by atoms with van der Waals surface area (Å²) in [5.41, 5.74) is 2.84. The Bertz CT molecular complexity index is 1460. The first-order valence-corrected chi connectivity index (χ1v) is 13.2. The molecule has 0 saturated carbocycles. The van der Waals surface area contributed by atoms with E-state index in [0.717, 1.165) is 10.5 Å². The third-order valence-electron chi connectivity index (χ3n) is 7.41. The van der Waals surface area contributed by atoms with Crippen molar-refractivity contribution in [3.63, 3.8) is 0 Å². The molecule has 9 heteroatoms. The maximum atomic E-state index is 13.9. The van der Waals surface area contributed by atoms with E-state index in [-0.39, 0.29) is 44.3 Å². The zero-order valence-electron chi connectivity index (χ0n) is 21.8. The number of alkyl halides is 3. The molecular formula is C31H29F3N4O2. The molecule has 6 nitrogen and oxygen atoms in total. The van der Waals surface area contributed by atoms with Gasteiger partial charge in [0.25, 0.3) is 0 Å². The molecule has 1 fully saturated rings. The van der Waals surface area contributed by atoms with Gasteiger partial charge >= 0.3 is 12.1 Å². The lowest BCUT2D eigenvalue weighted by Crippen LogP contribution is -2.56. The first-order valence-electron chi connectivity index (χ1n) is 13.2. The van der Waals surface area contributed by atoms with Gasteiger partial charge in [0.1, 0.15) is 0 Å². The minimum atomic E-state index is -5.02. The van der Waals surface area contributed by atoms with Crippen LogP contribution in [0.5, 0.6) is 0 Å². The molecule has 1 aliphatic heterocycles. The molecule has 3 heterocycles. The van der Waals surface area contributed by atoms with Crippen molar-refractivity contribution in [1.82, 2.24) is 19.8 Å². The quantitative estimate of drug-likeness (QED) is 0.313. The predicted molar refractivity (Wildman–Crippen MR) is 145 cm³/mol. The number of pyridine rings is 2. The van der Waals surface area contributed by atoms with Crippen LogP contribution in [0.15, 0.2) is 91.3 Å². The van der Waals surface area contributed by atoms with Gasteiger partial charge in [0.05, 0.1) is 11.9 Å². The van der Waals surface area contributed by atoms with Crippen LogP contribution in [0.1, 0.15) is 29.7 Å². The summed E-state index contributed by atoms with van der Waals surface area (Å²) in [7, 11) is 0. The summed E-state index contributed by atoms with van der Waals surface area (Å²) in [5, 5.41) is 0.703. The Labute approximate surface area is 230 Å². The third-order valence-corrected chi connectivity index (χ3v) is 7.41. The van der Waals surface area contributed by atoms with E-state index in [1.807, 2.05) is 42.5 Å². The number of halogens is 3. The molecule has 1 saturated heterocycles. The molecule has 0 radical (unpaired) electrons. The minimum absolute atomic E-state index is 0.102. The van der Waals surface area contributed by atoms with Gasteiger partial charge < -0.3 is 9.80 Å². The number of aromatic nitrogens is 2. The average molecular weight is 547 g/mol. The van der Waals surface area contributed by atoms with Gasteiger partial charge in [-0.15, -0.1) is 0 Å². The van der Waals surface area contributed by atoms with Crippen molar-refractivity contribution in [1.29, 1.82) is 0 Å². The number of rotatable bonds is 7. The Morgan fingerprint density at radius 3 is 2.40 bits per heavy atom. The lowest BCUT2D eigenvalue weighted by Gasteiger charge is -2.44. The Hall–Kier alpha value is -4.27. The highest BCUT2D eigenvalue weighted by atomic mass is 19.4. The molecule has 1 aliphatic rings. The molecule has 0 bridgehead atoms. The van der Waals surface area contributed by atoms with Gasteiger partial charge in [0.15, 0.2) is 0 Å². The van der Waals surface area contributed by atoms with Crippen LogP contribution in [0, 0.1) is 0 Å². The largest absolute Gasteiger partial charge is 0.471 e. The number of nitrogens with zero attached hydrogens (tertiary/aromatic N) is 4. The summed E-state index contributed by atoms with van der Waals surface area (Å²) in [5.74, 6) is -2.00. The van der Waals surface area contributed by atoms with Crippen molar-refractivity contribution in [2.24, 2.45) is 0 Å². The van der Waals surface area contributed by atoms with E-state index in [1.54, 1.807) is 53.7 Å². The van der Waals surface area contributed by atoms with E-state index in [4.69, 9.17) is 0 Å². The van der Waals surface area contributed by atoms with Gasteiger partial charge in [0.2, 0.25) is 5.91 Å². The third kappa shape index (κ3) is 6.30. The Kier molecular flexibility index (Phi) is 8.09. The van der Waals surface area contributed by atoms with Gasteiger partial charge in [0, 0.05) is 48.6 Å². The summed E-state index contributed by atoms with van der Waals surface area (Å²) < 4.78 is 41.7. The molecule has 2 amide bonds. The first-order chi connectivity index (χ1) is 19.3. The number of hydrogen-bond acceptors (Lipinski definition) is 4. The topological polar surface area (TPSA) is 66.4 Å². The highest BCUT2D eigenvalue weighted by Gasteiger charge is 2.46. The predicted octanol–water partition coefficient (Wildman–Crippen LogP) is 5.37. The number of carbonyl (C=O) groups is 2. The minimum Gasteiger partial charge on any atom is -0.339 e. The van der Waals surface area contributed by atoms with Gasteiger partial charge in [-0.3, -0.25) is 19.6 Å². The summed E-state index contributed by atoms with van der Waals surface area (Å²) in [6.45, 7) is 0.0402. The fourth-order valence-electron chi connectivity index (χ4n) is 5.49. The molecule has 0 unspecified atom stereocenters. The average Bonchev–Trinajstić information content (AvgIpc) is 2.96. The highest BCUT2D eigenvalue weighted by molar-refractivity contribution is 5.85. The number of carbonyl (C=O) groups excluding carboxylic acids is 2. The van der Waals surface area contributed by atoms with Gasteiger partial charge in [-0.05, 0) is 54.7 Å². The van der Waals surface area contributed by atoms with Crippen LogP contribution < -0.4 is 0 Å². The van der Waals surface area contributed by atoms with Crippen LogP contribution in [0.2, 0.25) is 0 Å². The fourth-order valence-corrected chi connectivity index (χ4v) is 5.49. The number of fused-ring (bicyclic) bond motifs is 1. The molecule has 40 heavy (non-hydrogen) atoms.